The largest absolute Gasteiger partial charge is 0.497 e. The molecule has 0 saturated carbocycles. The molecule has 1 N–H and O–H groups in total. The molecule has 1 aliphatic heterocycles. The van der Waals surface area contributed by atoms with Crippen LogP contribution in [0.3, 0.4) is 0 Å². The lowest BCUT2D eigenvalue weighted by molar-refractivity contribution is 0.0941. The van der Waals surface area contributed by atoms with Crippen molar-refractivity contribution >= 4 is 21.6 Å². The molecule has 1 atom stereocenters. The summed E-state index contributed by atoms with van der Waals surface area (Å²) in [6.45, 7) is 0.749. The highest BCUT2D eigenvalue weighted by Crippen LogP contribution is 2.32. The standard InChI is InChI=1S/C26H29N3O4S/c1-28(2)25(20-9-6-11-22(16-20)33-3)18-27-26(30)21-10-7-12-23(17-21)34(31,32)29-15-14-19-8-4-5-13-24(19)29/h4-13,16-17,25H,14-15,18H2,1-3H3,(H,27,30). The number of fused-ring (bicyclic) bond motifs is 1. The zero-order valence-corrected chi connectivity index (χ0v) is 20.4. The molecule has 1 heterocycles. The number of nitrogens with one attached hydrogen (secondary N) is 1. The number of anilines is 1. The van der Waals surface area contributed by atoms with E-state index in [1.165, 1.54) is 16.4 Å². The number of para-hydroxylation sites is 1. The number of hydrogen-bond acceptors (Lipinski definition) is 5. The molecule has 1 amide bonds. The number of methoxy groups -OCH3 is 1. The van der Waals surface area contributed by atoms with Gasteiger partial charge in [-0.1, -0.05) is 36.4 Å². The van der Waals surface area contributed by atoms with Gasteiger partial charge in [0.1, 0.15) is 5.75 Å². The van der Waals surface area contributed by atoms with E-state index in [0.29, 0.717) is 30.8 Å². The molecule has 4 rings (SSSR count). The summed E-state index contributed by atoms with van der Waals surface area (Å²) in [5.41, 5.74) is 3.02. The van der Waals surface area contributed by atoms with Crippen molar-refractivity contribution in [1.29, 1.82) is 0 Å². The van der Waals surface area contributed by atoms with Crippen LogP contribution in [0.25, 0.3) is 0 Å². The second-order valence-electron chi connectivity index (χ2n) is 8.45. The molecule has 3 aromatic rings. The monoisotopic (exact) mass is 479 g/mol. The van der Waals surface area contributed by atoms with Crippen molar-refractivity contribution in [2.24, 2.45) is 0 Å². The van der Waals surface area contributed by atoms with Crippen LogP contribution in [0, 0.1) is 0 Å². The minimum Gasteiger partial charge on any atom is -0.497 e. The van der Waals surface area contributed by atoms with Crippen molar-refractivity contribution in [2.75, 3.05) is 38.6 Å². The number of carbonyl (C=O) groups excluding carboxylic acids is 1. The first-order chi connectivity index (χ1) is 16.3. The van der Waals surface area contributed by atoms with Gasteiger partial charge in [0.2, 0.25) is 0 Å². The number of rotatable bonds is 8. The molecular weight excluding hydrogens is 450 g/mol. The highest BCUT2D eigenvalue weighted by Gasteiger charge is 2.31. The maximum absolute atomic E-state index is 13.3. The molecule has 0 spiro atoms. The van der Waals surface area contributed by atoms with Crippen LogP contribution in [0.2, 0.25) is 0 Å². The van der Waals surface area contributed by atoms with E-state index < -0.39 is 10.0 Å². The van der Waals surface area contributed by atoms with Crippen molar-refractivity contribution in [3.05, 3.63) is 89.5 Å². The summed E-state index contributed by atoms with van der Waals surface area (Å²) in [4.78, 5) is 15.1. The average Bonchev–Trinajstić information content (AvgIpc) is 3.29. The van der Waals surface area contributed by atoms with E-state index in [9.17, 15) is 13.2 Å². The second kappa shape index (κ2) is 9.87. The summed E-state index contributed by atoms with van der Waals surface area (Å²) >= 11 is 0. The van der Waals surface area contributed by atoms with Crippen LogP contribution < -0.4 is 14.4 Å². The van der Waals surface area contributed by atoms with Crippen LogP contribution in [-0.2, 0) is 16.4 Å². The Morgan fingerprint density at radius 1 is 1.06 bits per heavy atom. The average molecular weight is 480 g/mol. The predicted octanol–water partition coefficient (Wildman–Crippen LogP) is 3.48. The van der Waals surface area contributed by atoms with Crippen molar-refractivity contribution in [2.45, 2.75) is 17.4 Å². The van der Waals surface area contributed by atoms with Gasteiger partial charge in [-0.3, -0.25) is 9.10 Å². The Morgan fingerprint density at radius 3 is 2.59 bits per heavy atom. The molecule has 1 unspecified atom stereocenters. The van der Waals surface area contributed by atoms with Crippen molar-refractivity contribution in [1.82, 2.24) is 10.2 Å². The van der Waals surface area contributed by atoms with Crippen LogP contribution in [0.4, 0.5) is 5.69 Å². The van der Waals surface area contributed by atoms with E-state index in [1.807, 2.05) is 67.5 Å². The molecule has 0 fully saturated rings. The Hall–Kier alpha value is -3.36. The normalized spacial score (nSPS) is 14.1. The van der Waals surface area contributed by atoms with E-state index in [2.05, 4.69) is 5.32 Å². The maximum atomic E-state index is 13.3. The summed E-state index contributed by atoms with van der Waals surface area (Å²) < 4.78 is 33.4. The third kappa shape index (κ3) is 4.78. The Morgan fingerprint density at radius 2 is 1.82 bits per heavy atom. The predicted molar refractivity (Wildman–Crippen MR) is 133 cm³/mol. The van der Waals surface area contributed by atoms with Gasteiger partial charge in [-0.25, -0.2) is 8.42 Å². The van der Waals surface area contributed by atoms with Crippen molar-refractivity contribution in [3.63, 3.8) is 0 Å². The Labute approximate surface area is 201 Å². The van der Waals surface area contributed by atoms with Gasteiger partial charge in [-0.05, 0) is 68.0 Å². The molecular formula is C26H29N3O4S. The molecule has 34 heavy (non-hydrogen) atoms. The summed E-state index contributed by atoms with van der Waals surface area (Å²) in [7, 11) is 1.73. The van der Waals surface area contributed by atoms with Gasteiger partial charge in [-0.15, -0.1) is 0 Å². The highest BCUT2D eigenvalue weighted by atomic mass is 32.2. The third-order valence-electron chi connectivity index (χ3n) is 6.09. The first kappa shape index (κ1) is 23.8. The van der Waals surface area contributed by atoms with Gasteiger partial charge in [-0.2, -0.15) is 0 Å². The molecule has 0 bridgehead atoms. The number of benzene rings is 3. The molecule has 3 aromatic carbocycles. The van der Waals surface area contributed by atoms with Gasteiger partial charge in [0.05, 0.1) is 23.7 Å². The lowest BCUT2D eigenvalue weighted by atomic mass is 10.1. The number of ether oxygens (including phenoxy) is 1. The number of nitrogens with zero attached hydrogens (tertiary/aromatic N) is 2. The van der Waals surface area contributed by atoms with Gasteiger partial charge < -0.3 is 15.0 Å². The van der Waals surface area contributed by atoms with Gasteiger partial charge in [0.15, 0.2) is 0 Å². The first-order valence-corrected chi connectivity index (χ1v) is 12.5. The molecule has 1 aliphatic rings. The zero-order valence-electron chi connectivity index (χ0n) is 19.6. The van der Waals surface area contributed by atoms with Crippen LogP contribution in [0.1, 0.15) is 27.5 Å². The fraction of sp³-hybridized carbons (Fsp3) is 0.269. The minimum absolute atomic E-state index is 0.0768. The van der Waals surface area contributed by atoms with E-state index in [4.69, 9.17) is 4.74 Å². The molecule has 0 aromatic heterocycles. The zero-order chi connectivity index (χ0) is 24.3. The SMILES string of the molecule is COc1cccc(C(CNC(=O)c2cccc(S(=O)(=O)N3CCc4ccccc43)c2)N(C)C)c1. The fourth-order valence-electron chi connectivity index (χ4n) is 4.22. The molecule has 0 aliphatic carbocycles. The Kier molecular flexibility index (Phi) is 6.90. The quantitative estimate of drug-likeness (QED) is 0.535. The number of likely N-dealkylation sites (N-methyl/N-ethyl adjacent to an activating group) is 1. The van der Waals surface area contributed by atoms with E-state index in [-0.39, 0.29) is 16.8 Å². The van der Waals surface area contributed by atoms with Crippen LogP contribution >= 0.6 is 0 Å². The van der Waals surface area contributed by atoms with Crippen LogP contribution in [0.15, 0.2) is 77.7 Å². The number of sulfonamides is 1. The second-order valence-corrected chi connectivity index (χ2v) is 10.3. The van der Waals surface area contributed by atoms with E-state index >= 15 is 0 Å². The topological polar surface area (TPSA) is 78.9 Å². The molecule has 178 valence electrons. The molecule has 0 radical (unpaired) electrons. The maximum Gasteiger partial charge on any atom is 0.264 e. The molecule has 0 saturated heterocycles. The van der Waals surface area contributed by atoms with E-state index in [0.717, 1.165) is 16.9 Å². The summed E-state index contributed by atoms with van der Waals surface area (Å²) in [5, 5.41) is 2.95. The van der Waals surface area contributed by atoms with E-state index in [1.54, 1.807) is 19.2 Å². The van der Waals surface area contributed by atoms with Crippen LogP contribution in [-0.4, -0.2) is 53.5 Å². The number of carbonyl (C=O) groups is 1. The summed E-state index contributed by atoms with van der Waals surface area (Å²) in [6.07, 6.45) is 0.672. The van der Waals surface area contributed by atoms with Gasteiger partial charge in [0, 0.05) is 18.7 Å². The molecule has 7 nitrogen and oxygen atoms in total. The highest BCUT2D eigenvalue weighted by molar-refractivity contribution is 7.92. The number of amides is 1. The summed E-state index contributed by atoms with van der Waals surface area (Å²) in [6, 6.07) is 21.4. The molecule has 8 heteroatoms. The van der Waals surface area contributed by atoms with Gasteiger partial charge in [0.25, 0.3) is 15.9 Å². The van der Waals surface area contributed by atoms with Gasteiger partial charge >= 0.3 is 0 Å². The van der Waals surface area contributed by atoms with Crippen molar-refractivity contribution < 1.29 is 17.9 Å². The smallest absolute Gasteiger partial charge is 0.264 e. The Bertz CT molecular complexity index is 1290. The lowest BCUT2D eigenvalue weighted by Crippen LogP contribution is -2.34. The third-order valence-corrected chi connectivity index (χ3v) is 7.90. The summed E-state index contributed by atoms with van der Waals surface area (Å²) in [5.74, 6) is 0.422. The fourth-order valence-corrected chi connectivity index (χ4v) is 5.77. The number of hydrogen-bond donors (Lipinski definition) is 1. The van der Waals surface area contributed by atoms with Crippen molar-refractivity contribution in [3.8, 4) is 5.75 Å². The first-order valence-electron chi connectivity index (χ1n) is 11.1. The lowest BCUT2D eigenvalue weighted by Gasteiger charge is -2.25. The minimum atomic E-state index is -3.77. The Balaban J connectivity index is 1.52. The van der Waals surface area contributed by atoms with Crippen LogP contribution in [0.5, 0.6) is 5.75 Å².